The number of carbonyl (C=O) groups excluding carboxylic acids is 1. The van der Waals surface area contributed by atoms with Crippen LogP contribution in [0.25, 0.3) is 0 Å². The number of rotatable bonds is 5. The van der Waals surface area contributed by atoms with E-state index in [4.69, 9.17) is 16.7 Å². The third-order valence-corrected chi connectivity index (χ3v) is 3.19. The van der Waals surface area contributed by atoms with Gasteiger partial charge in [-0.1, -0.05) is 29.8 Å². The van der Waals surface area contributed by atoms with Crippen LogP contribution in [0.3, 0.4) is 0 Å². The van der Waals surface area contributed by atoms with E-state index in [0.29, 0.717) is 23.7 Å². The summed E-state index contributed by atoms with van der Waals surface area (Å²) in [4.78, 5) is 22.6. The Bertz CT molecular complexity index is 689. The second kappa shape index (κ2) is 7.47. The Hall–Kier alpha value is -2.53. The molecule has 2 aromatic carbocycles. The summed E-state index contributed by atoms with van der Waals surface area (Å²) in [5.74, 6) is -1.04. The van der Waals surface area contributed by atoms with Gasteiger partial charge in [-0.05, 0) is 42.3 Å². The first-order valence-corrected chi connectivity index (χ1v) is 7.05. The van der Waals surface area contributed by atoms with Crippen LogP contribution in [0, 0.1) is 0 Å². The van der Waals surface area contributed by atoms with E-state index in [1.165, 1.54) is 12.1 Å². The van der Waals surface area contributed by atoms with Gasteiger partial charge in [0, 0.05) is 17.3 Å². The van der Waals surface area contributed by atoms with E-state index in [-0.39, 0.29) is 11.6 Å². The fourth-order valence-corrected chi connectivity index (χ4v) is 2.13. The normalized spacial score (nSPS) is 10.0. The van der Waals surface area contributed by atoms with Crippen LogP contribution in [0.1, 0.15) is 15.9 Å². The van der Waals surface area contributed by atoms with Crippen molar-refractivity contribution in [2.75, 3.05) is 11.9 Å². The Kier molecular flexibility index (Phi) is 5.38. The number of halogens is 1. The van der Waals surface area contributed by atoms with Crippen molar-refractivity contribution in [3.63, 3.8) is 0 Å². The summed E-state index contributed by atoms with van der Waals surface area (Å²) in [6.45, 7) is 0.449. The number of aromatic carboxylic acids is 1. The van der Waals surface area contributed by atoms with E-state index in [1.54, 1.807) is 18.2 Å². The molecule has 0 fully saturated rings. The fourth-order valence-electron chi connectivity index (χ4n) is 1.92. The van der Waals surface area contributed by atoms with Gasteiger partial charge in [-0.25, -0.2) is 9.59 Å². The van der Waals surface area contributed by atoms with Crippen LogP contribution in [0.15, 0.2) is 48.5 Å². The summed E-state index contributed by atoms with van der Waals surface area (Å²) in [6, 6.07) is 13.1. The number of carbonyl (C=O) groups is 2. The minimum atomic E-state index is -1.04. The average molecular weight is 319 g/mol. The lowest BCUT2D eigenvalue weighted by Crippen LogP contribution is -2.30. The maximum Gasteiger partial charge on any atom is 0.335 e. The van der Waals surface area contributed by atoms with Crippen molar-refractivity contribution in [3.8, 4) is 0 Å². The van der Waals surface area contributed by atoms with Gasteiger partial charge in [0.15, 0.2) is 0 Å². The molecule has 22 heavy (non-hydrogen) atoms. The number of hydrogen-bond donors (Lipinski definition) is 3. The minimum Gasteiger partial charge on any atom is -0.478 e. The number of anilines is 1. The van der Waals surface area contributed by atoms with Gasteiger partial charge in [-0.3, -0.25) is 0 Å². The minimum absolute atomic E-state index is 0.122. The highest BCUT2D eigenvalue weighted by Gasteiger charge is 2.05. The molecule has 2 aromatic rings. The van der Waals surface area contributed by atoms with Crippen molar-refractivity contribution < 1.29 is 14.7 Å². The molecule has 0 aliphatic rings. The van der Waals surface area contributed by atoms with Crippen LogP contribution in [-0.2, 0) is 6.42 Å². The number of hydrogen-bond acceptors (Lipinski definition) is 2. The van der Waals surface area contributed by atoms with Crippen molar-refractivity contribution in [1.29, 1.82) is 0 Å². The van der Waals surface area contributed by atoms with Crippen LogP contribution in [0.5, 0.6) is 0 Å². The van der Waals surface area contributed by atoms with Crippen LogP contribution >= 0.6 is 11.6 Å². The fraction of sp³-hybridized carbons (Fsp3) is 0.125. The van der Waals surface area contributed by atoms with Crippen LogP contribution in [-0.4, -0.2) is 23.7 Å². The number of benzene rings is 2. The molecule has 0 spiro atoms. The summed E-state index contributed by atoms with van der Waals surface area (Å²) in [7, 11) is 0. The summed E-state index contributed by atoms with van der Waals surface area (Å²) in [6.07, 6.45) is 0.656. The molecule has 6 heteroatoms. The average Bonchev–Trinajstić information content (AvgIpc) is 2.47. The summed E-state index contributed by atoms with van der Waals surface area (Å²) < 4.78 is 0. The van der Waals surface area contributed by atoms with Gasteiger partial charge in [-0.2, -0.15) is 0 Å². The second-order valence-corrected chi connectivity index (χ2v) is 5.08. The Morgan fingerprint density at radius 3 is 2.59 bits per heavy atom. The first-order chi connectivity index (χ1) is 10.5. The molecule has 3 N–H and O–H groups in total. The van der Waals surface area contributed by atoms with E-state index < -0.39 is 5.97 Å². The molecule has 0 aliphatic carbocycles. The Morgan fingerprint density at radius 2 is 1.86 bits per heavy atom. The number of nitrogens with one attached hydrogen (secondary N) is 2. The predicted molar refractivity (Wildman–Crippen MR) is 85.6 cm³/mol. The van der Waals surface area contributed by atoms with Crippen molar-refractivity contribution in [3.05, 3.63) is 64.7 Å². The molecule has 0 saturated carbocycles. The third kappa shape index (κ3) is 4.79. The molecular weight excluding hydrogens is 304 g/mol. The Labute approximate surface area is 132 Å². The smallest absolute Gasteiger partial charge is 0.335 e. The first-order valence-electron chi connectivity index (χ1n) is 6.67. The summed E-state index contributed by atoms with van der Waals surface area (Å²) in [5.41, 5.74) is 1.58. The number of carboxylic acid groups (broad SMARTS) is 1. The second-order valence-electron chi connectivity index (χ2n) is 4.65. The van der Waals surface area contributed by atoms with Gasteiger partial charge < -0.3 is 15.7 Å². The van der Waals surface area contributed by atoms with Crippen molar-refractivity contribution >= 4 is 29.3 Å². The highest BCUT2D eigenvalue weighted by atomic mass is 35.5. The van der Waals surface area contributed by atoms with E-state index in [1.807, 2.05) is 18.2 Å². The molecule has 0 aliphatic heterocycles. The van der Waals surface area contributed by atoms with Gasteiger partial charge in [0.2, 0.25) is 0 Å². The quantitative estimate of drug-likeness (QED) is 0.790. The van der Waals surface area contributed by atoms with Gasteiger partial charge in [-0.15, -0.1) is 0 Å². The molecule has 2 rings (SSSR count). The van der Waals surface area contributed by atoms with Gasteiger partial charge >= 0.3 is 12.0 Å². The molecule has 0 bridgehead atoms. The number of carboxylic acids is 1. The Morgan fingerprint density at radius 1 is 1.09 bits per heavy atom. The Balaban J connectivity index is 1.83. The SMILES string of the molecule is O=C(NCCc1cccc(Cl)c1)Nc1cccc(C(=O)O)c1. The lowest BCUT2D eigenvalue weighted by Gasteiger charge is -2.08. The standard InChI is InChI=1S/C16H15ClN2O3/c17-13-5-1-3-11(9-13)7-8-18-16(22)19-14-6-2-4-12(10-14)15(20)21/h1-6,9-10H,7-8H2,(H,20,21)(H2,18,19,22). The maximum absolute atomic E-state index is 11.8. The molecule has 2 amide bonds. The molecule has 0 saturated heterocycles. The molecule has 0 atom stereocenters. The zero-order valence-corrected chi connectivity index (χ0v) is 12.4. The van der Waals surface area contributed by atoms with Crippen molar-refractivity contribution in [2.45, 2.75) is 6.42 Å². The molecular formula is C16H15ClN2O3. The van der Waals surface area contributed by atoms with Gasteiger partial charge in [0.05, 0.1) is 5.56 Å². The van der Waals surface area contributed by atoms with Crippen molar-refractivity contribution in [2.24, 2.45) is 0 Å². The largest absolute Gasteiger partial charge is 0.478 e. The van der Waals surface area contributed by atoms with E-state index in [0.717, 1.165) is 5.56 Å². The third-order valence-electron chi connectivity index (χ3n) is 2.96. The van der Waals surface area contributed by atoms with E-state index in [9.17, 15) is 9.59 Å². The zero-order chi connectivity index (χ0) is 15.9. The molecule has 114 valence electrons. The van der Waals surface area contributed by atoms with Gasteiger partial charge in [0.25, 0.3) is 0 Å². The highest BCUT2D eigenvalue weighted by molar-refractivity contribution is 6.30. The first kappa shape index (κ1) is 15.9. The van der Waals surface area contributed by atoms with Gasteiger partial charge in [0.1, 0.15) is 0 Å². The van der Waals surface area contributed by atoms with E-state index in [2.05, 4.69) is 10.6 Å². The lowest BCUT2D eigenvalue weighted by molar-refractivity contribution is 0.0697. The molecule has 0 aromatic heterocycles. The molecule has 0 radical (unpaired) electrons. The lowest BCUT2D eigenvalue weighted by atomic mass is 10.1. The molecule has 5 nitrogen and oxygen atoms in total. The number of amides is 2. The molecule has 0 heterocycles. The van der Waals surface area contributed by atoms with Crippen LogP contribution < -0.4 is 10.6 Å². The highest BCUT2D eigenvalue weighted by Crippen LogP contribution is 2.11. The van der Waals surface area contributed by atoms with Crippen LogP contribution in [0.2, 0.25) is 5.02 Å². The monoisotopic (exact) mass is 318 g/mol. The van der Waals surface area contributed by atoms with Crippen LogP contribution in [0.4, 0.5) is 10.5 Å². The summed E-state index contributed by atoms with van der Waals surface area (Å²) >= 11 is 5.89. The topological polar surface area (TPSA) is 78.4 Å². The molecule has 0 unspecified atom stereocenters. The number of urea groups is 1. The van der Waals surface area contributed by atoms with E-state index >= 15 is 0 Å². The zero-order valence-electron chi connectivity index (χ0n) is 11.7. The predicted octanol–water partition coefficient (Wildman–Crippen LogP) is 3.40. The maximum atomic E-state index is 11.8. The summed E-state index contributed by atoms with van der Waals surface area (Å²) in [5, 5.41) is 14.9. The van der Waals surface area contributed by atoms with Crippen molar-refractivity contribution in [1.82, 2.24) is 5.32 Å².